The molecule has 0 aliphatic carbocycles. The third-order valence-electron chi connectivity index (χ3n) is 2.44. The van der Waals surface area contributed by atoms with Crippen LogP contribution in [-0.4, -0.2) is 42.6 Å². The highest BCUT2D eigenvalue weighted by Crippen LogP contribution is 2.12. The predicted molar refractivity (Wildman–Crippen MR) is 55.4 cm³/mol. The minimum Gasteiger partial charge on any atom is -0.449 e. The zero-order valence-corrected chi connectivity index (χ0v) is 9.28. The second-order valence-electron chi connectivity index (χ2n) is 3.59. The van der Waals surface area contributed by atoms with E-state index < -0.39 is 6.09 Å². The van der Waals surface area contributed by atoms with Gasteiger partial charge in [0.2, 0.25) is 5.91 Å². The summed E-state index contributed by atoms with van der Waals surface area (Å²) in [7, 11) is 0. The number of carbonyl (C=O) groups excluding carboxylic acids is 2. The van der Waals surface area contributed by atoms with Crippen molar-refractivity contribution in [1.29, 1.82) is 0 Å². The Morgan fingerprint density at radius 2 is 2.27 bits per heavy atom. The van der Waals surface area contributed by atoms with Gasteiger partial charge in [-0.1, -0.05) is 0 Å². The van der Waals surface area contributed by atoms with Crippen molar-refractivity contribution in [1.82, 2.24) is 10.2 Å². The summed E-state index contributed by atoms with van der Waals surface area (Å²) in [5.41, 5.74) is 0. The van der Waals surface area contributed by atoms with Crippen LogP contribution >= 0.6 is 0 Å². The van der Waals surface area contributed by atoms with Crippen LogP contribution in [0.15, 0.2) is 0 Å². The predicted octanol–water partition coefficient (Wildman–Crippen LogP) is 0.743. The van der Waals surface area contributed by atoms with Crippen molar-refractivity contribution in [3.63, 3.8) is 0 Å². The lowest BCUT2D eigenvalue weighted by Crippen LogP contribution is -2.50. The van der Waals surface area contributed by atoms with Gasteiger partial charge in [-0.3, -0.25) is 4.79 Å². The summed E-state index contributed by atoms with van der Waals surface area (Å²) in [5, 5.41) is 3.17. The van der Waals surface area contributed by atoms with Crippen LogP contribution in [0.2, 0.25) is 0 Å². The van der Waals surface area contributed by atoms with Crippen molar-refractivity contribution in [2.45, 2.75) is 32.7 Å². The topological polar surface area (TPSA) is 58.6 Å². The first kappa shape index (κ1) is 12.0. The van der Waals surface area contributed by atoms with Crippen molar-refractivity contribution < 1.29 is 14.3 Å². The smallest absolute Gasteiger partial charge is 0.416 e. The van der Waals surface area contributed by atoms with Gasteiger partial charge in [-0.2, -0.15) is 0 Å². The minimum atomic E-state index is -0.529. The summed E-state index contributed by atoms with van der Waals surface area (Å²) < 4.78 is 4.86. The molecule has 1 aliphatic heterocycles. The summed E-state index contributed by atoms with van der Waals surface area (Å²) in [4.78, 5) is 24.1. The highest BCUT2D eigenvalue weighted by molar-refractivity contribution is 5.91. The van der Waals surface area contributed by atoms with Crippen LogP contribution in [0.1, 0.15) is 26.7 Å². The van der Waals surface area contributed by atoms with E-state index in [1.165, 1.54) is 11.8 Å². The van der Waals surface area contributed by atoms with Crippen molar-refractivity contribution in [3.05, 3.63) is 0 Å². The normalized spacial score (nSPS) is 20.8. The molecule has 0 bridgehead atoms. The molecule has 86 valence electrons. The molecule has 1 heterocycles. The third kappa shape index (κ3) is 3.20. The lowest BCUT2D eigenvalue weighted by Gasteiger charge is -2.31. The number of imide groups is 1. The molecule has 0 saturated carbocycles. The highest BCUT2D eigenvalue weighted by Gasteiger charge is 2.29. The molecule has 1 unspecified atom stereocenters. The summed E-state index contributed by atoms with van der Waals surface area (Å²) in [6.07, 6.45) is 1.30. The Morgan fingerprint density at radius 3 is 2.73 bits per heavy atom. The first-order chi connectivity index (χ1) is 7.16. The van der Waals surface area contributed by atoms with E-state index in [9.17, 15) is 9.59 Å². The number of hydrogen-bond acceptors (Lipinski definition) is 4. The number of hydrogen-bond donors (Lipinski definition) is 1. The fourth-order valence-electron chi connectivity index (χ4n) is 1.78. The number of ether oxygens (including phenoxy) is 1. The maximum Gasteiger partial charge on any atom is 0.416 e. The number of carbonyl (C=O) groups is 2. The first-order valence-corrected chi connectivity index (χ1v) is 5.34. The minimum absolute atomic E-state index is 0.0599. The van der Waals surface area contributed by atoms with Crippen molar-refractivity contribution in [2.75, 3.05) is 19.7 Å². The molecule has 1 saturated heterocycles. The van der Waals surface area contributed by atoms with E-state index in [0.717, 1.165) is 19.4 Å². The van der Waals surface area contributed by atoms with Crippen molar-refractivity contribution >= 4 is 12.0 Å². The largest absolute Gasteiger partial charge is 0.449 e. The summed E-state index contributed by atoms with van der Waals surface area (Å²) in [6.45, 7) is 5.03. The average Bonchev–Trinajstić information content (AvgIpc) is 2.19. The van der Waals surface area contributed by atoms with Crippen LogP contribution in [0, 0.1) is 0 Å². The molecular weight excluding hydrogens is 196 g/mol. The molecule has 0 aromatic carbocycles. The van der Waals surface area contributed by atoms with Crippen LogP contribution in [-0.2, 0) is 9.53 Å². The van der Waals surface area contributed by atoms with Gasteiger partial charge in [-0.25, -0.2) is 9.69 Å². The molecule has 0 aromatic heterocycles. The van der Waals surface area contributed by atoms with Gasteiger partial charge < -0.3 is 10.1 Å². The molecule has 0 aromatic rings. The van der Waals surface area contributed by atoms with E-state index >= 15 is 0 Å². The molecule has 1 rings (SSSR count). The van der Waals surface area contributed by atoms with Crippen LogP contribution in [0.5, 0.6) is 0 Å². The molecular formula is C10H18N2O3. The first-order valence-electron chi connectivity index (χ1n) is 5.34. The lowest BCUT2D eigenvalue weighted by atomic mass is 10.1. The van der Waals surface area contributed by atoms with Gasteiger partial charge in [-0.15, -0.1) is 0 Å². The Balaban J connectivity index is 2.63. The van der Waals surface area contributed by atoms with Crippen molar-refractivity contribution in [3.8, 4) is 0 Å². The van der Waals surface area contributed by atoms with Gasteiger partial charge in [0.1, 0.15) is 0 Å². The van der Waals surface area contributed by atoms with Gasteiger partial charge in [0.05, 0.1) is 12.6 Å². The molecule has 15 heavy (non-hydrogen) atoms. The standard InChI is InChI=1S/C10H18N2O3/c1-3-15-10(14)12(8(2)13)9-5-4-6-11-7-9/h9,11H,3-7H2,1-2H3. The number of amides is 2. The van der Waals surface area contributed by atoms with Gasteiger partial charge in [0.15, 0.2) is 0 Å². The molecule has 5 heteroatoms. The molecule has 1 fully saturated rings. The Kier molecular flexibility index (Phi) is 4.55. The Bertz CT molecular complexity index is 237. The van der Waals surface area contributed by atoms with E-state index in [-0.39, 0.29) is 11.9 Å². The van der Waals surface area contributed by atoms with Gasteiger partial charge >= 0.3 is 6.09 Å². The van der Waals surface area contributed by atoms with Crippen LogP contribution < -0.4 is 5.32 Å². The van der Waals surface area contributed by atoms with Crippen LogP contribution in [0.4, 0.5) is 4.79 Å². The molecule has 0 spiro atoms. The molecule has 1 aliphatic rings. The molecule has 5 nitrogen and oxygen atoms in total. The Hall–Kier alpha value is -1.10. The van der Waals surface area contributed by atoms with E-state index in [0.29, 0.717) is 13.2 Å². The molecule has 2 amide bonds. The van der Waals surface area contributed by atoms with Gasteiger partial charge in [0.25, 0.3) is 0 Å². The van der Waals surface area contributed by atoms with E-state index in [2.05, 4.69) is 5.32 Å². The summed E-state index contributed by atoms with van der Waals surface area (Å²) >= 11 is 0. The molecule has 1 atom stereocenters. The Morgan fingerprint density at radius 1 is 1.53 bits per heavy atom. The zero-order valence-electron chi connectivity index (χ0n) is 9.28. The maximum atomic E-state index is 11.5. The van der Waals surface area contributed by atoms with E-state index in [4.69, 9.17) is 4.74 Å². The fraction of sp³-hybridized carbons (Fsp3) is 0.800. The summed E-state index contributed by atoms with van der Waals surface area (Å²) in [6, 6.07) is -0.0599. The van der Waals surface area contributed by atoms with E-state index in [1.807, 2.05) is 0 Å². The van der Waals surface area contributed by atoms with Crippen LogP contribution in [0.3, 0.4) is 0 Å². The number of nitrogens with zero attached hydrogens (tertiary/aromatic N) is 1. The summed E-state index contributed by atoms with van der Waals surface area (Å²) in [5.74, 6) is -0.248. The van der Waals surface area contributed by atoms with Crippen molar-refractivity contribution in [2.24, 2.45) is 0 Å². The molecule has 0 radical (unpaired) electrons. The second-order valence-corrected chi connectivity index (χ2v) is 3.59. The Labute approximate surface area is 89.8 Å². The average molecular weight is 214 g/mol. The SMILES string of the molecule is CCOC(=O)N(C(C)=O)C1CCCNC1. The number of piperidine rings is 1. The highest BCUT2D eigenvalue weighted by atomic mass is 16.6. The van der Waals surface area contributed by atoms with E-state index in [1.54, 1.807) is 6.92 Å². The van der Waals surface area contributed by atoms with Gasteiger partial charge in [0, 0.05) is 13.5 Å². The molecule has 1 N–H and O–H groups in total. The number of rotatable bonds is 2. The fourth-order valence-corrected chi connectivity index (χ4v) is 1.78. The monoisotopic (exact) mass is 214 g/mol. The third-order valence-corrected chi connectivity index (χ3v) is 2.44. The van der Waals surface area contributed by atoms with Crippen LogP contribution in [0.25, 0.3) is 0 Å². The maximum absolute atomic E-state index is 11.5. The number of nitrogens with one attached hydrogen (secondary N) is 1. The van der Waals surface area contributed by atoms with Gasteiger partial charge in [-0.05, 0) is 26.3 Å². The second kappa shape index (κ2) is 5.70. The zero-order chi connectivity index (χ0) is 11.3. The quantitative estimate of drug-likeness (QED) is 0.736. The lowest BCUT2D eigenvalue weighted by molar-refractivity contribution is -0.129.